The van der Waals surface area contributed by atoms with Crippen LogP contribution >= 0.6 is 0 Å². The summed E-state index contributed by atoms with van der Waals surface area (Å²) in [6.45, 7) is 2.14. The van der Waals surface area contributed by atoms with Crippen LogP contribution < -0.4 is 4.74 Å². The average Bonchev–Trinajstić information content (AvgIpc) is 2.48. The smallest absolute Gasteiger partial charge is 0.122 e. The van der Waals surface area contributed by atoms with Crippen LogP contribution in [-0.2, 0) is 6.42 Å². The number of benzene rings is 1. The minimum absolute atomic E-state index is 1.01. The minimum atomic E-state index is 1.01. The highest BCUT2D eigenvalue weighted by atomic mass is 16.5. The maximum absolute atomic E-state index is 5.27. The second-order valence-electron chi connectivity index (χ2n) is 3.08. The molecule has 12 heavy (non-hydrogen) atoms. The average molecular weight is 160 g/mol. The highest BCUT2D eigenvalue weighted by Crippen LogP contribution is 2.33. The zero-order valence-electron chi connectivity index (χ0n) is 7.42. The third-order valence-corrected chi connectivity index (χ3v) is 2.39. The predicted molar refractivity (Wildman–Crippen MR) is 50.3 cm³/mol. The van der Waals surface area contributed by atoms with Crippen molar-refractivity contribution in [2.75, 3.05) is 7.11 Å². The Morgan fingerprint density at radius 3 is 2.92 bits per heavy atom. The first-order chi connectivity index (χ1) is 5.83. The number of ether oxygens (including phenoxy) is 1. The van der Waals surface area contributed by atoms with Crippen LogP contribution in [-0.4, -0.2) is 7.11 Å². The van der Waals surface area contributed by atoms with Gasteiger partial charge in [0.25, 0.3) is 0 Å². The molecule has 0 fully saturated rings. The minimum Gasteiger partial charge on any atom is -0.496 e. The molecule has 0 saturated carbocycles. The summed E-state index contributed by atoms with van der Waals surface area (Å²) in [6.07, 6.45) is 3.26. The van der Waals surface area contributed by atoms with E-state index >= 15 is 0 Å². The molecular weight excluding hydrogens is 148 g/mol. The summed E-state index contributed by atoms with van der Waals surface area (Å²) in [5.74, 6) is 1.01. The molecule has 2 rings (SSSR count). The first-order valence-electron chi connectivity index (χ1n) is 4.16. The molecule has 0 N–H and O–H groups in total. The first-order valence-corrected chi connectivity index (χ1v) is 4.16. The fourth-order valence-corrected chi connectivity index (χ4v) is 1.70. The third-order valence-electron chi connectivity index (χ3n) is 2.39. The van der Waals surface area contributed by atoms with Crippen LogP contribution in [0.25, 0.3) is 5.57 Å². The lowest BCUT2D eigenvalue weighted by molar-refractivity contribution is 0.411. The maximum atomic E-state index is 5.27. The number of hydrogen-bond acceptors (Lipinski definition) is 1. The van der Waals surface area contributed by atoms with Crippen molar-refractivity contribution >= 4 is 5.57 Å². The van der Waals surface area contributed by atoms with Crippen molar-refractivity contribution in [2.24, 2.45) is 0 Å². The van der Waals surface area contributed by atoms with Crippen LogP contribution in [0.15, 0.2) is 24.3 Å². The van der Waals surface area contributed by atoms with Crippen LogP contribution in [0.1, 0.15) is 18.1 Å². The molecule has 1 aromatic rings. The summed E-state index contributed by atoms with van der Waals surface area (Å²) < 4.78 is 5.27. The number of fused-ring (bicyclic) bond motifs is 1. The van der Waals surface area contributed by atoms with Crippen molar-refractivity contribution in [3.63, 3.8) is 0 Å². The Morgan fingerprint density at radius 1 is 1.33 bits per heavy atom. The van der Waals surface area contributed by atoms with E-state index in [0.717, 1.165) is 12.2 Å². The molecule has 1 aromatic carbocycles. The van der Waals surface area contributed by atoms with Crippen molar-refractivity contribution in [3.05, 3.63) is 35.4 Å². The van der Waals surface area contributed by atoms with E-state index in [4.69, 9.17) is 4.74 Å². The molecule has 0 amide bonds. The van der Waals surface area contributed by atoms with Crippen molar-refractivity contribution in [1.82, 2.24) is 0 Å². The highest BCUT2D eigenvalue weighted by Gasteiger charge is 2.13. The zero-order valence-corrected chi connectivity index (χ0v) is 7.42. The van der Waals surface area contributed by atoms with Crippen molar-refractivity contribution in [1.29, 1.82) is 0 Å². The normalized spacial score (nSPS) is 14.0. The molecule has 0 radical (unpaired) electrons. The van der Waals surface area contributed by atoms with E-state index in [1.54, 1.807) is 7.11 Å². The molecule has 0 bridgehead atoms. The van der Waals surface area contributed by atoms with Gasteiger partial charge in [0.05, 0.1) is 7.11 Å². The molecule has 1 heteroatoms. The van der Waals surface area contributed by atoms with Gasteiger partial charge < -0.3 is 4.74 Å². The molecule has 1 aliphatic rings. The van der Waals surface area contributed by atoms with Crippen molar-refractivity contribution in [3.8, 4) is 5.75 Å². The third kappa shape index (κ3) is 0.934. The van der Waals surface area contributed by atoms with Gasteiger partial charge in [0, 0.05) is 5.56 Å². The molecule has 62 valence electrons. The molecule has 1 aliphatic carbocycles. The van der Waals surface area contributed by atoms with E-state index in [1.807, 2.05) is 12.1 Å². The van der Waals surface area contributed by atoms with Gasteiger partial charge in [-0.15, -0.1) is 0 Å². The van der Waals surface area contributed by atoms with Crippen LogP contribution in [0.4, 0.5) is 0 Å². The maximum Gasteiger partial charge on any atom is 0.122 e. The topological polar surface area (TPSA) is 9.23 Å². The Hall–Kier alpha value is -1.24. The highest BCUT2D eigenvalue weighted by molar-refractivity contribution is 5.73. The quantitative estimate of drug-likeness (QED) is 0.613. The van der Waals surface area contributed by atoms with Gasteiger partial charge in [0.2, 0.25) is 0 Å². The predicted octanol–water partition coefficient (Wildman–Crippen LogP) is 2.65. The number of hydrogen-bond donors (Lipinski definition) is 0. The molecule has 0 spiro atoms. The summed E-state index contributed by atoms with van der Waals surface area (Å²) in [5, 5.41) is 0. The van der Waals surface area contributed by atoms with E-state index in [2.05, 4.69) is 19.1 Å². The summed E-state index contributed by atoms with van der Waals surface area (Å²) in [6, 6.07) is 6.21. The van der Waals surface area contributed by atoms with Gasteiger partial charge in [-0.1, -0.05) is 18.2 Å². The monoisotopic (exact) mass is 160 g/mol. The standard InChI is InChI=1S/C11H12O/c1-8-6-7-10-9(8)4-3-5-11(10)12-2/h3-6H,7H2,1-2H3. The fraction of sp³-hybridized carbons (Fsp3) is 0.273. The molecule has 0 aromatic heterocycles. The SMILES string of the molecule is COc1cccc2c1CC=C2C. The lowest BCUT2D eigenvalue weighted by Crippen LogP contribution is -1.90. The summed E-state index contributed by atoms with van der Waals surface area (Å²) in [7, 11) is 1.73. The molecule has 0 heterocycles. The fourth-order valence-electron chi connectivity index (χ4n) is 1.70. The van der Waals surface area contributed by atoms with Gasteiger partial charge in [0.15, 0.2) is 0 Å². The van der Waals surface area contributed by atoms with Gasteiger partial charge in [0.1, 0.15) is 5.75 Å². The largest absolute Gasteiger partial charge is 0.496 e. The van der Waals surface area contributed by atoms with E-state index in [1.165, 1.54) is 16.7 Å². The van der Waals surface area contributed by atoms with Gasteiger partial charge in [-0.2, -0.15) is 0 Å². The second-order valence-corrected chi connectivity index (χ2v) is 3.08. The molecule has 0 unspecified atom stereocenters. The molecule has 0 saturated heterocycles. The van der Waals surface area contributed by atoms with E-state index < -0.39 is 0 Å². The Bertz CT molecular complexity index is 337. The van der Waals surface area contributed by atoms with E-state index in [-0.39, 0.29) is 0 Å². The zero-order chi connectivity index (χ0) is 8.55. The Morgan fingerprint density at radius 2 is 2.17 bits per heavy atom. The lowest BCUT2D eigenvalue weighted by Gasteiger charge is -2.06. The molecule has 0 atom stereocenters. The van der Waals surface area contributed by atoms with Crippen LogP contribution in [0.3, 0.4) is 0 Å². The number of rotatable bonds is 1. The number of methoxy groups -OCH3 is 1. The summed E-state index contributed by atoms with van der Waals surface area (Å²) in [5.41, 5.74) is 4.04. The molecular formula is C11H12O. The molecule has 1 nitrogen and oxygen atoms in total. The Balaban J connectivity index is 2.56. The van der Waals surface area contributed by atoms with Crippen LogP contribution in [0.5, 0.6) is 5.75 Å². The van der Waals surface area contributed by atoms with Gasteiger partial charge in [-0.05, 0) is 30.5 Å². The number of allylic oxidation sites excluding steroid dienone is 2. The first kappa shape index (κ1) is 7.41. The molecule has 0 aliphatic heterocycles. The van der Waals surface area contributed by atoms with E-state index in [9.17, 15) is 0 Å². The van der Waals surface area contributed by atoms with Gasteiger partial charge >= 0.3 is 0 Å². The Kier molecular flexibility index (Phi) is 1.65. The summed E-state index contributed by atoms with van der Waals surface area (Å²) in [4.78, 5) is 0. The summed E-state index contributed by atoms with van der Waals surface area (Å²) >= 11 is 0. The van der Waals surface area contributed by atoms with Crippen molar-refractivity contribution < 1.29 is 4.74 Å². The second kappa shape index (κ2) is 2.67. The van der Waals surface area contributed by atoms with E-state index in [0.29, 0.717) is 0 Å². The van der Waals surface area contributed by atoms with Crippen LogP contribution in [0.2, 0.25) is 0 Å². The lowest BCUT2D eigenvalue weighted by atomic mass is 10.1. The van der Waals surface area contributed by atoms with Gasteiger partial charge in [-0.3, -0.25) is 0 Å². The van der Waals surface area contributed by atoms with Gasteiger partial charge in [-0.25, -0.2) is 0 Å². The van der Waals surface area contributed by atoms with Crippen LogP contribution in [0, 0.1) is 0 Å². The Labute approximate surface area is 72.7 Å². The van der Waals surface area contributed by atoms with Crippen molar-refractivity contribution in [2.45, 2.75) is 13.3 Å².